The van der Waals surface area contributed by atoms with E-state index in [1.165, 1.54) is 30.8 Å². The molecule has 0 radical (unpaired) electrons. The van der Waals surface area contributed by atoms with E-state index in [4.69, 9.17) is 10.8 Å². The Hall–Kier alpha value is -1.01. The van der Waals surface area contributed by atoms with Gasteiger partial charge in [-0.15, -0.1) is 0 Å². The highest BCUT2D eigenvalue weighted by Crippen LogP contribution is 2.40. The van der Waals surface area contributed by atoms with Crippen LogP contribution < -0.4 is 16.2 Å². The second-order valence-electron chi connectivity index (χ2n) is 5.43. The lowest BCUT2D eigenvalue weighted by Crippen LogP contribution is -2.33. The van der Waals surface area contributed by atoms with Crippen LogP contribution in [-0.2, 0) is 0 Å². The first-order chi connectivity index (χ1) is 9.20. The van der Waals surface area contributed by atoms with Gasteiger partial charge in [0.25, 0.3) is 0 Å². The van der Waals surface area contributed by atoms with Crippen molar-refractivity contribution >= 4 is 23.4 Å². The predicted molar refractivity (Wildman–Crippen MR) is 80.7 cm³/mol. The molecule has 2 fully saturated rings. The van der Waals surface area contributed by atoms with Gasteiger partial charge in [0, 0.05) is 30.3 Å². The molecule has 0 amide bonds. The predicted octanol–water partition coefficient (Wildman–Crippen LogP) is 1.89. The van der Waals surface area contributed by atoms with Crippen molar-refractivity contribution in [3.63, 3.8) is 0 Å². The van der Waals surface area contributed by atoms with Gasteiger partial charge in [0.2, 0.25) is 0 Å². The van der Waals surface area contributed by atoms with Gasteiger partial charge in [-0.25, -0.2) is 15.8 Å². The van der Waals surface area contributed by atoms with Crippen molar-refractivity contribution in [3.05, 3.63) is 11.4 Å². The van der Waals surface area contributed by atoms with E-state index in [2.05, 4.69) is 22.4 Å². The Labute approximate surface area is 118 Å². The number of hydrogen-bond acceptors (Lipinski definition) is 6. The standard InChI is InChI=1S/C13H21N5S/c1-8-11(17-14)15-12(9-3-4-9)16-13(8)18(2)10-5-6-19-7-10/h9-10H,3-7,14H2,1-2H3,(H,15,16,17). The topological polar surface area (TPSA) is 67.1 Å². The Balaban J connectivity index is 1.95. The molecule has 5 nitrogen and oxygen atoms in total. The zero-order valence-corrected chi connectivity index (χ0v) is 12.3. The Morgan fingerprint density at radius 1 is 1.32 bits per heavy atom. The fourth-order valence-corrected chi connectivity index (χ4v) is 3.80. The van der Waals surface area contributed by atoms with Gasteiger partial charge in [0.15, 0.2) is 0 Å². The van der Waals surface area contributed by atoms with Crippen LogP contribution in [0.15, 0.2) is 0 Å². The Bertz CT molecular complexity index is 468. The van der Waals surface area contributed by atoms with Crippen LogP contribution in [0.5, 0.6) is 0 Å². The van der Waals surface area contributed by atoms with E-state index in [0.29, 0.717) is 12.0 Å². The molecular weight excluding hydrogens is 258 g/mol. The second kappa shape index (κ2) is 5.17. The number of hydrazine groups is 1. The molecule has 0 bridgehead atoms. The normalized spacial score (nSPS) is 22.6. The summed E-state index contributed by atoms with van der Waals surface area (Å²) in [7, 11) is 2.14. The molecule has 1 saturated heterocycles. The van der Waals surface area contributed by atoms with E-state index in [9.17, 15) is 0 Å². The summed E-state index contributed by atoms with van der Waals surface area (Å²) in [6, 6.07) is 0.580. The van der Waals surface area contributed by atoms with Gasteiger partial charge in [-0.3, -0.25) is 0 Å². The monoisotopic (exact) mass is 279 g/mol. The van der Waals surface area contributed by atoms with E-state index in [-0.39, 0.29) is 0 Å². The number of hydrogen-bond donors (Lipinski definition) is 2. The minimum Gasteiger partial charge on any atom is -0.355 e. The third kappa shape index (κ3) is 2.51. The maximum Gasteiger partial charge on any atom is 0.148 e. The molecule has 3 rings (SSSR count). The van der Waals surface area contributed by atoms with Gasteiger partial charge in [-0.05, 0) is 31.9 Å². The molecule has 1 atom stereocenters. The second-order valence-corrected chi connectivity index (χ2v) is 6.58. The minimum absolute atomic E-state index is 0.540. The van der Waals surface area contributed by atoms with Crippen LogP contribution in [0.3, 0.4) is 0 Å². The first-order valence-corrected chi connectivity index (χ1v) is 8.02. The van der Waals surface area contributed by atoms with E-state index >= 15 is 0 Å². The zero-order chi connectivity index (χ0) is 13.4. The zero-order valence-electron chi connectivity index (χ0n) is 11.5. The molecular formula is C13H21N5S. The quantitative estimate of drug-likeness (QED) is 0.648. The van der Waals surface area contributed by atoms with E-state index in [1.54, 1.807) is 0 Å². The number of thioether (sulfide) groups is 1. The lowest BCUT2D eigenvalue weighted by molar-refractivity contribution is 0.684. The van der Waals surface area contributed by atoms with Crippen LogP contribution in [0.2, 0.25) is 0 Å². The van der Waals surface area contributed by atoms with Crippen LogP contribution >= 0.6 is 11.8 Å². The molecule has 104 valence electrons. The first kappa shape index (κ1) is 13.0. The number of aromatic nitrogens is 2. The van der Waals surface area contributed by atoms with Crippen LogP contribution in [0.1, 0.15) is 36.6 Å². The third-order valence-electron chi connectivity index (χ3n) is 4.00. The summed E-state index contributed by atoms with van der Waals surface area (Å²) < 4.78 is 0. The fourth-order valence-electron chi connectivity index (χ4n) is 2.53. The maximum atomic E-state index is 5.60. The fraction of sp³-hybridized carbons (Fsp3) is 0.692. The summed E-state index contributed by atoms with van der Waals surface area (Å²) >= 11 is 2.02. The first-order valence-electron chi connectivity index (χ1n) is 6.86. The molecule has 1 aromatic heterocycles. The molecule has 1 aromatic rings. The van der Waals surface area contributed by atoms with Crippen molar-refractivity contribution in [2.45, 2.75) is 38.1 Å². The number of nitrogen functional groups attached to an aromatic ring is 1. The molecule has 2 heterocycles. The van der Waals surface area contributed by atoms with E-state index in [0.717, 1.165) is 23.0 Å². The molecule has 0 spiro atoms. The van der Waals surface area contributed by atoms with Crippen LogP contribution in [-0.4, -0.2) is 34.6 Å². The van der Waals surface area contributed by atoms with Crippen molar-refractivity contribution in [2.75, 3.05) is 28.9 Å². The summed E-state index contributed by atoms with van der Waals surface area (Å²) in [5.41, 5.74) is 3.77. The van der Waals surface area contributed by atoms with Gasteiger partial charge in [0.1, 0.15) is 17.5 Å². The van der Waals surface area contributed by atoms with Gasteiger partial charge >= 0.3 is 0 Å². The van der Waals surface area contributed by atoms with Crippen molar-refractivity contribution in [1.29, 1.82) is 0 Å². The summed E-state index contributed by atoms with van der Waals surface area (Å²) in [4.78, 5) is 11.7. The molecule has 3 N–H and O–H groups in total. The number of nitrogens with zero attached hydrogens (tertiary/aromatic N) is 3. The molecule has 1 aliphatic heterocycles. The SMILES string of the molecule is Cc1c(NN)nc(C2CC2)nc1N(C)C1CCSC1. The van der Waals surface area contributed by atoms with Gasteiger partial charge in [-0.2, -0.15) is 11.8 Å². The highest BCUT2D eigenvalue weighted by molar-refractivity contribution is 7.99. The highest BCUT2D eigenvalue weighted by Gasteiger charge is 2.30. The maximum absolute atomic E-state index is 5.60. The average molecular weight is 279 g/mol. The Morgan fingerprint density at radius 3 is 2.68 bits per heavy atom. The van der Waals surface area contributed by atoms with Crippen LogP contribution in [0, 0.1) is 6.92 Å². The molecule has 2 aliphatic rings. The van der Waals surface area contributed by atoms with Gasteiger partial charge in [-0.1, -0.05) is 0 Å². The lowest BCUT2D eigenvalue weighted by Gasteiger charge is -2.27. The average Bonchev–Trinajstić information content (AvgIpc) is 3.13. The smallest absolute Gasteiger partial charge is 0.148 e. The highest BCUT2D eigenvalue weighted by atomic mass is 32.2. The largest absolute Gasteiger partial charge is 0.355 e. The molecule has 19 heavy (non-hydrogen) atoms. The van der Waals surface area contributed by atoms with E-state index in [1.807, 2.05) is 18.7 Å². The number of nitrogens with one attached hydrogen (secondary N) is 1. The molecule has 6 heteroatoms. The van der Waals surface area contributed by atoms with Gasteiger partial charge < -0.3 is 10.3 Å². The van der Waals surface area contributed by atoms with Gasteiger partial charge in [0.05, 0.1) is 0 Å². The molecule has 1 saturated carbocycles. The number of nitrogens with two attached hydrogens (primary N) is 1. The summed E-state index contributed by atoms with van der Waals surface area (Å²) in [6.07, 6.45) is 3.64. The summed E-state index contributed by atoms with van der Waals surface area (Å²) in [5.74, 6) is 11.3. The number of anilines is 2. The molecule has 0 aromatic carbocycles. The third-order valence-corrected chi connectivity index (χ3v) is 5.15. The van der Waals surface area contributed by atoms with Crippen molar-refractivity contribution in [2.24, 2.45) is 5.84 Å². The Morgan fingerprint density at radius 2 is 2.11 bits per heavy atom. The van der Waals surface area contributed by atoms with Crippen LogP contribution in [0.25, 0.3) is 0 Å². The summed E-state index contributed by atoms with van der Waals surface area (Å²) in [6.45, 7) is 2.04. The van der Waals surface area contributed by atoms with E-state index < -0.39 is 0 Å². The van der Waals surface area contributed by atoms with Crippen molar-refractivity contribution in [3.8, 4) is 0 Å². The lowest BCUT2D eigenvalue weighted by atomic mass is 10.2. The van der Waals surface area contributed by atoms with Crippen LogP contribution in [0.4, 0.5) is 11.6 Å². The summed E-state index contributed by atoms with van der Waals surface area (Å²) in [5, 5.41) is 0. The van der Waals surface area contributed by atoms with Crippen molar-refractivity contribution < 1.29 is 0 Å². The Kier molecular flexibility index (Phi) is 3.54. The number of rotatable bonds is 4. The molecule has 1 aliphatic carbocycles. The minimum atomic E-state index is 0.540. The van der Waals surface area contributed by atoms with Crippen molar-refractivity contribution in [1.82, 2.24) is 9.97 Å². The molecule has 1 unspecified atom stereocenters.